The van der Waals surface area contributed by atoms with Gasteiger partial charge in [0.2, 0.25) is 5.91 Å². The summed E-state index contributed by atoms with van der Waals surface area (Å²) in [4.78, 5) is 15.1. The summed E-state index contributed by atoms with van der Waals surface area (Å²) in [6.07, 6.45) is 2.41. The fourth-order valence-electron chi connectivity index (χ4n) is 2.29. The third-order valence-electron chi connectivity index (χ3n) is 3.15. The minimum absolute atomic E-state index is 0.0733. The normalized spacial score (nSPS) is 15.2. The van der Waals surface area contributed by atoms with Gasteiger partial charge in [0.15, 0.2) is 0 Å². The Kier molecular flexibility index (Phi) is 6.94. The second-order valence-electron chi connectivity index (χ2n) is 4.58. The number of hydrogen-bond donors (Lipinski definition) is 1. The molecule has 0 unspecified atom stereocenters. The van der Waals surface area contributed by atoms with Crippen LogP contribution in [0.15, 0.2) is 11.8 Å². The quantitative estimate of drug-likeness (QED) is 0.730. The standard InChI is InChI=1S/C13H22F2N2O2/c1-2-17(11-5-3-4-6-11)13(19)10-16(7-8-18)9-12(14)15/h5,12,18H,2-4,6-10H2,1H3. The molecule has 6 heteroatoms. The summed E-state index contributed by atoms with van der Waals surface area (Å²) in [5.41, 5.74) is 0.994. The zero-order valence-corrected chi connectivity index (χ0v) is 11.3. The van der Waals surface area contributed by atoms with E-state index < -0.39 is 13.0 Å². The van der Waals surface area contributed by atoms with Gasteiger partial charge in [-0.1, -0.05) is 6.08 Å². The number of likely N-dealkylation sites (N-methyl/N-ethyl adjacent to an activating group) is 1. The molecule has 1 rings (SSSR count). The van der Waals surface area contributed by atoms with Crippen LogP contribution in [-0.2, 0) is 4.79 Å². The van der Waals surface area contributed by atoms with E-state index in [-0.39, 0.29) is 25.6 Å². The molecule has 110 valence electrons. The van der Waals surface area contributed by atoms with Crippen molar-refractivity contribution in [1.82, 2.24) is 9.80 Å². The van der Waals surface area contributed by atoms with E-state index in [1.807, 2.05) is 13.0 Å². The van der Waals surface area contributed by atoms with E-state index in [1.54, 1.807) is 4.90 Å². The second kappa shape index (κ2) is 8.22. The molecule has 1 amide bonds. The SMILES string of the molecule is CCN(C(=O)CN(CCO)CC(F)F)C1=CCCC1. The van der Waals surface area contributed by atoms with Crippen molar-refractivity contribution in [3.8, 4) is 0 Å². The van der Waals surface area contributed by atoms with Crippen LogP contribution < -0.4 is 0 Å². The number of hydrogen-bond acceptors (Lipinski definition) is 3. The summed E-state index contributed by atoms with van der Waals surface area (Å²) in [7, 11) is 0. The van der Waals surface area contributed by atoms with E-state index in [0.717, 1.165) is 25.0 Å². The van der Waals surface area contributed by atoms with Gasteiger partial charge in [0.25, 0.3) is 6.43 Å². The van der Waals surface area contributed by atoms with Gasteiger partial charge in [-0.15, -0.1) is 0 Å². The molecule has 0 radical (unpaired) electrons. The first-order valence-corrected chi connectivity index (χ1v) is 6.69. The van der Waals surface area contributed by atoms with E-state index in [0.29, 0.717) is 6.54 Å². The topological polar surface area (TPSA) is 43.8 Å². The van der Waals surface area contributed by atoms with Crippen LogP contribution in [-0.4, -0.2) is 60.0 Å². The molecular weight excluding hydrogens is 254 g/mol. The average molecular weight is 276 g/mol. The summed E-state index contributed by atoms with van der Waals surface area (Å²) >= 11 is 0. The number of carbonyl (C=O) groups excluding carboxylic acids is 1. The lowest BCUT2D eigenvalue weighted by molar-refractivity contribution is -0.130. The van der Waals surface area contributed by atoms with Crippen molar-refractivity contribution >= 4 is 5.91 Å². The van der Waals surface area contributed by atoms with Gasteiger partial charge in [-0.3, -0.25) is 9.69 Å². The van der Waals surface area contributed by atoms with E-state index in [9.17, 15) is 13.6 Å². The highest BCUT2D eigenvalue weighted by atomic mass is 19.3. The molecular formula is C13H22F2N2O2. The second-order valence-corrected chi connectivity index (χ2v) is 4.58. The maximum Gasteiger partial charge on any atom is 0.251 e. The molecule has 4 nitrogen and oxygen atoms in total. The summed E-state index contributed by atoms with van der Waals surface area (Å²) in [5.74, 6) is -0.176. The van der Waals surface area contributed by atoms with Crippen molar-refractivity contribution in [3.63, 3.8) is 0 Å². The van der Waals surface area contributed by atoms with E-state index in [2.05, 4.69) is 0 Å². The third-order valence-corrected chi connectivity index (χ3v) is 3.15. The van der Waals surface area contributed by atoms with Crippen LogP contribution in [0.5, 0.6) is 0 Å². The summed E-state index contributed by atoms with van der Waals surface area (Å²) < 4.78 is 24.8. The van der Waals surface area contributed by atoms with Gasteiger partial charge in [-0.05, 0) is 26.2 Å². The number of amides is 1. The maximum absolute atomic E-state index is 12.4. The van der Waals surface area contributed by atoms with Crippen LogP contribution in [0.1, 0.15) is 26.2 Å². The smallest absolute Gasteiger partial charge is 0.251 e. The number of nitrogens with zero attached hydrogens (tertiary/aromatic N) is 2. The highest BCUT2D eigenvalue weighted by Gasteiger charge is 2.22. The number of rotatable bonds is 8. The Labute approximate surface area is 112 Å². The fraction of sp³-hybridized carbons (Fsp3) is 0.769. The Balaban J connectivity index is 2.57. The highest BCUT2D eigenvalue weighted by molar-refractivity contribution is 5.80. The molecule has 0 spiro atoms. The van der Waals surface area contributed by atoms with Crippen molar-refractivity contribution in [3.05, 3.63) is 11.8 Å². The molecule has 1 N–H and O–H groups in total. The van der Waals surface area contributed by atoms with Gasteiger partial charge in [0, 0.05) is 18.8 Å². The molecule has 1 aliphatic carbocycles. The molecule has 0 aromatic rings. The van der Waals surface area contributed by atoms with Gasteiger partial charge >= 0.3 is 0 Å². The summed E-state index contributed by atoms with van der Waals surface area (Å²) in [5, 5.41) is 8.85. The average Bonchev–Trinajstić information content (AvgIpc) is 2.83. The van der Waals surface area contributed by atoms with Crippen LogP contribution in [0.25, 0.3) is 0 Å². The molecule has 0 atom stereocenters. The molecule has 0 fully saturated rings. The molecule has 1 aliphatic rings. The Hall–Kier alpha value is -1.01. The van der Waals surface area contributed by atoms with Crippen molar-refractivity contribution in [2.75, 3.05) is 32.8 Å². The fourth-order valence-corrected chi connectivity index (χ4v) is 2.29. The highest BCUT2D eigenvalue weighted by Crippen LogP contribution is 2.21. The number of aliphatic hydroxyl groups is 1. The first kappa shape index (κ1) is 16.0. The lowest BCUT2D eigenvalue weighted by Gasteiger charge is -2.27. The summed E-state index contributed by atoms with van der Waals surface area (Å²) in [6, 6.07) is 0. The number of alkyl halides is 2. The van der Waals surface area contributed by atoms with Crippen LogP contribution in [0.4, 0.5) is 8.78 Å². The molecule has 0 saturated heterocycles. The molecule has 0 saturated carbocycles. The Morgan fingerprint density at radius 3 is 2.74 bits per heavy atom. The van der Waals surface area contributed by atoms with Crippen molar-refractivity contribution < 1.29 is 18.7 Å². The molecule has 0 bridgehead atoms. The van der Waals surface area contributed by atoms with E-state index in [4.69, 9.17) is 5.11 Å². The lowest BCUT2D eigenvalue weighted by Crippen LogP contribution is -2.42. The van der Waals surface area contributed by atoms with Crippen LogP contribution in [0, 0.1) is 0 Å². The van der Waals surface area contributed by atoms with Crippen molar-refractivity contribution in [2.24, 2.45) is 0 Å². The van der Waals surface area contributed by atoms with Gasteiger partial charge in [-0.2, -0.15) is 0 Å². The van der Waals surface area contributed by atoms with E-state index in [1.165, 1.54) is 4.90 Å². The zero-order valence-electron chi connectivity index (χ0n) is 11.3. The molecule has 19 heavy (non-hydrogen) atoms. The molecule has 0 aromatic heterocycles. The van der Waals surface area contributed by atoms with Gasteiger partial charge < -0.3 is 10.0 Å². The Bertz CT molecular complexity index is 322. The number of carbonyl (C=O) groups is 1. The van der Waals surface area contributed by atoms with Gasteiger partial charge in [-0.25, -0.2) is 8.78 Å². The lowest BCUT2D eigenvalue weighted by atomic mass is 10.3. The Morgan fingerprint density at radius 1 is 1.53 bits per heavy atom. The zero-order chi connectivity index (χ0) is 14.3. The first-order valence-electron chi connectivity index (χ1n) is 6.69. The minimum atomic E-state index is -2.50. The van der Waals surface area contributed by atoms with Crippen molar-refractivity contribution in [2.45, 2.75) is 32.6 Å². The van der Waals surface area contributed by atoms with Crippen LogP contribution >= 0.6 is 0 Å². The Morgan fingerprint density at radius 2 is 2.26 bits per heavy atom. The monoisotopic (exact) mass is 276 g/mol. The maximum atomic E-state index is 12.4. The number of allylic oxidation sites excluding steroid dienone is 2. The van der Waals surface area contributed by atoms with Gasteiger partial charge in [0.05, 0.1) is 19.7 Å². The minimum Gasteiger partial charge on any atom is -0.395 e. The number of halogens is 2. The number of aliphatic hydroxyl groups excluding tert-OH is 1. The van der Waals surface area contributed by atoms with Gasteiger partial charge in [0.1, 0.15) is 0 Å². The third kappa shape index (κ3) is 5.24. The first-order chi connectivity index (χ1) is 9.08. The van der Waals surface area contributed by atoms with E-state index >= 15 is 0 Å². The largest absolute Gasteiger partial charge is 0.395 e. The molecule has 0 aromatic carbocycles. The molecule has 0 heterocycles. The summed E-state index contributed by atoms with van der Waals surface area (Å²) in [6.45, 7) is 1.73. The predicted molar refractivity (Wildman–Crippen MR) is 68.9 cm³/mol. The van der Waals surface area contributed by atoms with Crippen LogP contribution in [0.3, 0.4) is 0 Å². The van der Waals surface area contributed by atoms with Crippen molar-refractivity contribution in [1.29, 1.82) is 0 Å². The van der Waals surface area contributed by atoms with Crippen LogP contribution in [0.2, 0.25) is 0 Å². The predicted octanol–water partition coefficient (Wildman–Crippen LogP) is 1.46. The molecule has 0 aliphatic heterocycles.